The summed E-state index contributed by atoms with van der Waals surface area (Å²) in [5.74, 6) is 0. The first-order chi connectivity index (χ1) is 7.36. The van der Waals surface area contributed by atoms with Crippen molar-refractivity contribution in [2.24, 2.45) is 0 Å². The van der Waals surface area contributed by atoms with E-state index >= 15 is 0 Å². The van der Waals surface area contributed by atoms with Crippen LogP contribution in [0, 0.1) is 0 Å². The Labute approximate surface area is 92.5 Å². The van der Waals surface area contributed by atoms with Crippen molar-refractivity contribution in [1.82, 2.24) is 15.2 Å². The topological polar surface area (TPSA) is 28.2 Å². The molecule has 0 aliphatic heterocycles. The van der Waals surface area contributed by atoms with Crippen molar-refractivity contribution in [3.63, 3.8) is 0 Å². The summed E-state index contributed by atoms with van der Waals surface area (Å²) in [5.41, 5.74) is 1.34. The lowest BCUT2D eigenvalue weighted by Crippen LogP contribution is -2.31. The highest BCUT2D eigenvalue weighted by Gasteiger charge is 2.02. The average Bonchev–Trinajstić information content (AvgIpc) is 2.29. The highest BCUT2D eigenvalue weighted by molar-refractivity contribution is 5.09. The molecule has 3 heteroatoms. The van der Waals surface area contributed by atoms with E-state index in [1.165, 1.54) is 5.56 Å². The van der Waals surface area contributed by atoms with Gasteiger partial charge in [0.2, 0.25) is 0 Å². The molecule has 0 amide bonds. The van der Waals surface area contributed by atoms with Crippen LogP contribution in [0.25, 0.3) is 0 Å². The first-order valence-electron chi connectivity index (χ1n) is 5.68. The van der Waals surface area contributed by atoms with Crippen LogP contribution in [0.5, 0.6) is 0 Å². The van der Waals surface area contributed by atoms with Gasteiger partial charge in [-0.15, -0.1) is 0 Å². The van der Waals surface area contributed by atoms with Gasteiger partial charge in [-0.25, -0.2) is 0 Å². The van der Waals surface area contributed by atoms with Crippen LogP contribution in [0.3, 0.4) is 0 Å². The molecule has 0 aliphatic carbocycles. The summed E-state index contributed by atoms with van der Waals surface area (Å²) in [6, 6.07) is 4.16. The van der Waals surface area contributed by atoms with Crippen LogP contribution >= 0.6 is 0 Å². The molecule has 0 aromatic carbocycles. The van der Waals surface area contributed by atoms with E-state index in [2.05, 4.69) is 41.2 Å². The van der Waals surface area contributed by atoms with Crippen LogP contribution in [0.1, 0.15) is 19.4 Å². The van der Waals surface area contributed by atoms with Gasteiger partial charge >= 0.3 is 0 Å². The lowest BCUT2D eigenvalue weighted by atomic mass is 10.2. The second-order valence-electron chi connectivity index (χ2n) is 3.58. The Morgan fingerprint density at radius 2 is 2.00 bits per heavy atom. The number of aromatic nitrogens is 1. The van der Waals surface area contributed by atoms with E-state index in [4.69, 9.17) is 0 Å². The maximum Gasteiger partial charge on any atom is 0.0271 e. The number of nitrogens with zero attached hydrogens (tertiary/aromatic N) is 2. The number of hydrogen-bond acceptors (Lipinski definition) is 3. The minimum atomic E-state index is 1.02. The molecule has 1 N–H and O–H groups in total. The number of nitrogens with one attached hydrogen (secondary N) is 1. The SMILES string of the molecule is CCNCCN(CC)Cc1ccncc1. The monoisotopic (exact) mass is 207 g/mol. The summed E-state index contributed by atoms with van der Waals surface area (Å²) < 4.78 is 0. The fourth-order valence-corrected chi connectivity index (χ4v) is 1.51. The van der Waals surface area contributed by atoms with Gasteiger partial charge in [0.15, 0.2) is 0 Å². The number of pyridine rings is 1. The van der Waals surface area contributed by atoms with Crippen LogP contribution in [-0.2, 0) is 6.54 Å². The maximum absolute atomic E-state index is 4.02. The maximum atomic E-state index is 4.02. The molecule has 0 aliphatic rings. The van der Waals surface area contributed by atoms with Crippen LogP contribution in [0.2, 0.25) is 0 Å². The Morgan fingerprint density at radius 1 is 1.27 bits per heavy atom. The Morgan fingerprint density at radius 3 is 2.60 bits per heavy atom. The van der Waals surface area contributed by atoms with Gasteiger partial charge in [-0.3, -0.25) is 9.88 Å². The van der Waals surface area contributed by atoms with E-state index in [0.717, 1.165) is 32.7 Å². The van der Waals surface area contributed by atoms with E-state index in [1.54, 1.807) is 0 Å². The van der Waals surface area contributed by atoms with Gasteiger partial charge in [0.05, 0.1) is 0 Å². The van der Waals surface area contributed by atoms with E-state index in [-0.39, 0.29) is 0 Å². The summed E-state index contributed by atoms with van der Waals surface area (Å²) in [6.07, 6.45) is 3.71. The van der Waals surface area contributed by atoms with Crippen molar-refractivity contribution in [2.45, 2.75) is 20.4 Å². The molecule has 15 heavy (non-hydrogen) atoms. The molecule has 84 valence electrons. The standard InChI is InChI=1S/C12H21N3/c1-3-13-9-10-15(4-2)11-12-5-7-14-8-6-12/h5-8,13H,3-4,9-11H2,1-2H3. The Bertz CT molecular complexity index is 248. The molecule has 1 rings (SSSR count). The summed E-state index contributed by atoms with van der Waals surface area (Å²) in [6.45, 7) is 9.67. The van der Waals surface area contributed by atoms with Crippen LogP contribution in [-0.4, -0.2) is 36.1 Å². The molecule has 0 spiro atoms. The molecule has 1 aromatic rings. The Balaban J connectivity index is 2.33. The molecule has 0 bridgehead atoms. The smallest absolute Gasteiger partial charge is 0.0271 e. The van der Waals surface area contributed by atoms with Crippen molar-refractivity contribution < 1.29 is 0 Å². The van der Waals surface area contributed by atoms with Gasteiger partial charge in [0.1, 0.15) is 0 Å². The predicted octanol–water partition coefficient (Wildman–Crippen LogP) is 1.51. The summed E-state index contributed by atoms with van der Waals surface area (Å²) in [7, 11) is 0. The van der Waals surface area contributed by atoms with Gasteiger partial charge in [0, 0.05) is 32.0 Å². The van der Waals surface area contributed by atoms with Crippen LogP contribution < -0.4 is 5.32 Å². The van der Waals surface area contributed by atoms with E-state index < -0.39 is 0 Å². The van der Waals surface area contributed by atoms with Gasteiger partial charge < -0.3 is 5.32 Å². The lowest BCUT2D eigenvalue weighted by Gasteiger charge is -2.20. The number of rotatable bonds is 7. The molecular weight excluding hydrogens is 186 g/mol. The second kappa shape index (κ2) is 7.37. The zero-order valence-electron chi connectivity index (χ0n) is 9.74. The third kappa shape index (κ3) is 4.91. The normalized spacial score (nSPS) is 10.9. The molecule has 0 saturated carbocycles. The van der Waals surface area contributed by atoms with Crippen molar-refractivity contribution in [2.75, 3.05) is 26.2 Å². The van der Waals surface area contributed by atoms with E-state index in [9.17, 15) is 0 Å². The molecule has 0 fully saturated rings. The quantitative estimate of drug-likeness (QED) is 0.687. The van der Waals surface area contributed by atoms with Crippen molar-refractivity contribution in [3.8, 4) is 0 Å². The molecule has 0 saturated heterocycles. The first kappa shape index (κ1) is 12.1. The van der Waals surface area contributed by atoms with Gasteiger partial charge in [-0.2, -0.15) is 0 Å². The largest absolute Gasteiger partial charge is 0.316 e. The third-order valence-electron chi connectivity index (χ3n) is 2.46. The van der Waals surface area contributed by atoms with Gasteiger partial charge in [0.25, 0.3) is 0 Å². The van der Waals surface area contributed by atoms with Gasteiger partial charge in [-0.05, 0) is 30.8 Å². The first-order valence-corrected chi connectivity index (χ1v) is 5.68. The van der Waals surface area contributed by atoms with Gasteiger partial charge in [-0.1, -0.05) is 13.8 Å². The molecule has 0 atom stereocenters. The average molecular weight is 207 g/mol. The molecule has 1 heterocycles. The Hall–Kier alpha value is -0.930. The predicted molar refractivity (Wildman–Crippen MR) is 63.7 cm³/mol. The van der Waals surface area contributed by atoms with E-state index in [1.807, 2.05) is 12.4 Å². The molecule has 3 nitrogen and oxygen atoms in total. The number of likely N-dealkylation sites (N-methyl/N-ethyl adjacent to an activating group) is 2. The number of hydrogen-bond donors (Lipinski definition) is 1. The fraction of sp³-hybridized carbons (Fsp3) is 0.583. The fourth-order valence-electron chi connectivity index (χ4n) is 1.51. The van der Waals surface area contributed by atoms with E-state index in [0.29, 0.717) is 0 Å². The van der Waals surface area contributed by atoms with Crippen molar-refractivity contribution >= 4 is 0 Å². The zero-order chi connectivity index (χ0) is 10.9. The minimum absolute atomic E-state index is 1.02. The molecule has 0 unspecified atom stereocenters. The lowest BCUT2D eigenvalue weighted by molar-refractivity contribution is 0.280. The highest BCUT2D eigenvalue weighted by atomic mass is 15.1. The van der Waals surface area contributed by atoms with Crippen LogP contribution in [0.15, 0.2) is 24.5 Å². The Kier molecular flexibility index (Phi) is 5.97. The minimum Gasteiger partial charge on any atom is -0.316 e. The van der Waals surface area contributed by atoms with Crippen molar-refractivity contribution in [3.05, 3.63) is 30.1 Å². The molecule has 0 radical (unpaired) electrons. The zero-order valence-corrected chi connectivity index (χ0v) is 9.74. The summed E-state index contributed by atoms with van der Waals surface area (Å²) in [5, 5.41) is 3.34. The highest BCUT2D eigenvalue weighted by Crippen LogP contribution is 2.01. The van der Waals surface area contributed by atoms with Crippen molar-refractivity contribution in [1.29, 1.82) is 0 Å². The second-order valence-corrected chi connectivity index (χ2v) is 3.58. The molecular formula is C12H21N3. The summed E-state index contributed by atoms with van der Waals surface area (Å²) >= 11 is 0. The molecule has 1 aromatic heterocycles. The summed E-state index contributed by atoms with van der Waals surface area (Å²) in [4.78, 5) is 6.45. The third-order valence-corrected chi connectivity index (χ3v) is 2.46. The van der Waals surface area contributed by atoms with Crippen LogP contribution in [0.4, 0.5) is 0 Å².